The molecule has 1 unspecified atom stereocenters. The standard InChI is InChI=1S/C25H27NO5/c1-6-31-24(30)16-11-13-17(14-12-16)26-20(18-10-8-7-9-15(18)2)19(21(27)23(26)29)22(28)25(3,4)5/h7-14,20,27H,6H2,1-5H3. The Balaban J connectivity index is 2.14. The molecule has 1 aliphatic rings. The van der Waals surface area contributed by atoms with Gasteiger partial charge in [-0.15, -0.1) is 0 Å². The molecular weight excluding hydrogens is 394 g/mol. The van der Waals surface area contributed by atoms with Crippen LogP contribution in [0.2, 0.25) is 0 Å². The topological polar surface area (TPSA) is 83.9 Å². The SMILES string of the molecule is CCOC(=O)c1ccc(N2C(=O)C(O)=C(C(=O)C(C)(C)C)C2c2ccccc2C)cc1. The van der Waals surface area contributed by atoms with Crippen LogP contribution in [0.5, 0.6) is 0 Å². The number of aryl methyl sites for hydroxylation is 1. The quantitative estimate of drug-likeness (QED) is 0.708. The number of ketones is 1. The molecule has 1 atom stereocenters. The lowest BCUT2D eigenvalue weighted by Crippen LogP contribution is -2.33. The number of amides is 1. The lowest BCUT2D eigenvalue weighted by Gasteiger charge is -2.30. The Morgan fingerprint density at radius 1 is 1.06 bits per heavy atom. The molecule has 0 aromatic heterocycles. The minimum Gasteiger partial charge on any atom is -0.503 e. The van der Waals surface area contributed by atoms with Crippen LogP contribution in [0.15, 0.2) is 59.9 Å². The predicted molar refractivity (Wildman–Crippen MR) is 118 cm³/mol. The Labute approximate surface area is 182 Å². The first-order valence-electron chi connectivity index (χ1n) is 10.2. The molecule has 0 bridgehead atoms. The van der Waals surface area contributed by atoms with Crippen molar-refractivity contribution in [3.63, 3.8) is 0 Å². The number of nitrogens with zero attached hydrogens (tertiary/aromatic N) is 1. The third kappa shape index (κ3) is 4.10. The van der Waals surface area contributed by atoms with Gasteiger partial charge in [-0.25, -0.2) is 4.79 Å². The summed E-state index contributed by atoms with van der Waals surface area (Å²) in [5.74, 6) is -1.94. The second-order valence-corrected chi connectivity index (χ2v) is 8.54. The lowest BCUT2D eigenvalue weighted by molar-refractivity contribution is -0.123. The smallest absolute Gasteiger partial charge is 0.338 e. The highest BCUT2D eigenvalue weighted by Crippen LogP contribution is 2.44. The summed E-state index contributed by atoms with van der Waals surface area (Å²) in [6.07, 6.45) is 0. The van der Waals surface area contributed by atoms with Gasteiger partial charge in [0.2, 0.25) is 0 Å². The summed E-state index contributed by atoms with van der Waals surface area (Å²) in [5, 5.41) is 10.8. The molecule has 1 heterocycles. The molecule has 0 aliphatic carbocycles. The second-order valence-electron chi connectivity index (χ2n) is 8.54. The first-order valence-corrected chi connectivity index (χ1v) is 10.2. The van der Waals surface area contributed by atoms with Crippen molar-refractivity contribution >= 4 is 23.3 Å². The van der Waals surface area contributed by atoms with Crippen molar-refractivity contribution < 1.29 is 24.2 Å². The number of carbonyl (C=O) groups is 3. The summed E-state index contributed by atoms with van der Waals surface area (Å²) < 4.78 is 5.01. The Hall–Kier alpha value is -3.41. The van der Waals surface area contributed by atoms with Gasteiger partial charge >= 0.3 is 5.97 Å². The summed E-state index contributed by atoms with van der Waals surface area (Å²) in [4.78, 5) is 39.8. The van der Waals surface area contributed by atoms with Gasteiger partial charge in [0.05, 0.1) is 23.8 Å². The Kier molecular flexibility index (Phi) is 6.02. The van der Waals surface area contributed by atoms with Crippen molar-refractivity contribution in [3.05, 3.63) is 76.6 Å². The highest BCUT2D eigenvalue weighted by atomic mass is 16.5. The molecule has 6 nitrogen and oxygen atoms in total. The van der Waals surface area contributed by atoms with E-state index in [2.05, 4.69) is 0 Å². The van der Waals surface area contributed by atoms with Crippen molar-refractivity contribution in [3.8, 4) is 0 Å². The van der Waals surface area contributed by atoms with Gasteiger partial charge in [-0.3, -0.25) is 14.5 Å². The molecule has 1 N–H and O–H groups in total. The van der Waals surface area contributed by atoms with E-state index in [0.29, 0.717) is 11.3 Å². The second kappa shape index (κ2) is 8.38. The Morgan fingerprint density at radius 2 is 1.68 bits per heavy atom. The van der Waals surface area contributed by atoms with E-state index in [1.54, 1.807) is 52.0 Å². The van der Waals surface area contributed by atoms with E-state index < -0.39 is 29.1 Å². The van der Waals surface area contributed by atoms with Crippen LogP contribution in [0.4, 0.5) is 5.69 Å². The summed E-state index contributed by atoms with van der Waals surface area (Å²) >= 11 is 0. The Morgan fingerprint density at radius 3 is 2.23 bits per heavy atom. The zero-order chi connectivity index (χ0) is 22.9. The van der Waals surface area contributed by atoms with E-state index in [1.165, 1.54) is 4.90 Å². The molecule has 0 radical (unpaired) electrons. The van der Waals surface area contributed by atoms with Crippen LogP contribution in [-0.4, -0.2) is 29.4 Å². The summed E-state index contributed by atoms with van der Waals surface area (Å²) in [7, 11) is 0. The van der Waals surface area contributed by atoms with Gasteiger partial charge in [0.25, 0.3) is 5.91 Å². The molecule has 2 aromatic carbocycles. The van der Waals surface area contributed by atoms with E-state index in [0.717, 1.165) is 11.1 Å². The number of aliphatic hydroxyl groups excluding tert-OH is 1. The molecule has 0 saturated carbocycles. The van der Waals surface area contributed by atoms with Crippen molar-refractivity contribution in [1.29, 1.82) is 0 Å². The van der Waals surface area contributed by atoms with Crippen LogP contribution in [0, 0.1) is 12.3 Å². The fourth-order valence-corrected chi connectivity index (χ4v) is 3.67. The van der Waals surface area contributed by atoms with E-state index in [1.807, 2.05) is 31.2 Å². The van der Waals surface area contributed by atoms with Crippen molar-refractivity contribution in [2.75, 3.05) is 11.5 Å². The Bertz CT molecular complexity index is 1060. The number of aliphatic hydroxyl groups is 1. The van der Waals surface area contributed by atoms with Crippen molar-refractivity contribution in [2.45, 2.75) is 40.7 Å². The fraction of sp³-hybridized carbons (Fsp3) is 0.320. The molecule has 31 heavy (non-hydrogen) atoms. The summed E-state index contributed by atoms with van der Waals surface area (Å²) in [6, 6.07) is 13.1. The molecule has 3 rings (SSSR count). The molecule has 1 amide bonds. The average Bonchev–Trinajstić information content (AvgIpc) is 2.98. The first kappa shape index (κ1) is 22.3. The summed E-state index contributed by atoms with van der Waals surface area (Å²) in [6.45, 7) is 9.15. The van der Waals surface area contributed by atoms with Crippen molar-refractivity contribution in [1.82, 2.24) is 0 Å². The van der Waals surface area contributed by atoms with Gasteiger partial charge in [-0.05, 0) is 49.2 Å². The average molecular weight is 421 g/mol. The molecule has 1 aliphatic heterocycles. The molecular formula is C25H27NO5. The molecule has 2 aromatic rings. The minimum atomic E-state index is -0.783. The first-order chi connectivity index (χ1) is 14.6. The van der Waals surface area contributed by atoms with Gasteiger partial charge in [-0.2, -0.15) is 0 Å². The fourth-order valence-electron chi connectivity index (χ4n) is 3.67. The number of anilines is 1. The van der Waals surface area contributed by atoms with Crippen LogP contribution in [0.25, 0.3) is 0 Å². The molecule has 0 saturated heterocycles. The number of carbonyl (C=O) groups excluding carboxylic acids is 3. The van der Waals surface area contributed by atoms with Crippen LogP contribution in [0.1, 0.15) is 55.2 Å². The highest BCUT2D eigenvalue weighted by molar-refractivity contribution is 6.17. The molecule has 6 heteroatoms. The van der Waals surface area contributed by atoms with Gasteiger partial charge in [0, 0.05) is 11.1 Å². The van der Waals surface area contributed by atoms with E-state index in [9.17, 15) is 19.5 Å². The number of Topliss-reactive ketones (excluding diaryl/α,β-unsaturated/α-hetero) is 1. The predicted octanol–water partition coefficient (Wildman–Crippen LogP) is 4.69. The molecule has 0 fully saturated rings. The lowest BCUT2D eigenvalue weighted by atomic mass is 9.81. The van der Waals surface area contributed by atoms with Crippen LogP contribution < -0.4 is 4.90 Å². The maximum Gasteiger partial charge on any atom is 0.338 e. The number of hydrogen-bond acceptors (Lipinski definition) is 5. The van der Waals surface area contributed by atoms with Crippen molar-refractivity contribution in [2.24, 2.45) is 5.41 Å². The molecule has 0 spiro atoms. The number of ether oxygens (including phenoxy) is 1. The van der Waals surface area contributed by atoms with Gasteiger partial charge in [0.1, 0.15) is 0 Å². The third-order valence-electron chi connectivity index (χ3n) is 5.27. The van der Waals surface area contributed by atoms with Crippen LogP contribution in [0.3, 0.4) is 0 Å². The third-order valence-corrected chi connectivity index (χ3v) is 5.27. The number of rotatable bonds is 5. The number of esters is 1. The van der Waals surface area contributed by atoms with Crippen LogP contribution in [-0.2, 0) is 14.3 Å². The van der Waals surface area contributed by atoms with Gasteiger partial charge in [-0.1, -0.05) is 45.0 Å². The molecule has 162 valence electrons. The zero-order valence-electron chi connectivity index (χ0n) is 18.4. The largest absolute Gasteiger partial charge is 0.503 e. The monoisotopic (exact) mass is 421 g/mol. The normalized spacial score (nSPS) is 16.6. The summed E-state index contributed by atoms with van der Waals surface area (Å²) in [5.41, 5.74) is 1.77. The van der Waals surface area contributed by atoms with E-state index >= 15 is 0 Å². The van der Waals surface area contributed by atoms with Gasteiger partial charge in [0.15, 0.2) is 11.5 Å². The number of benzene rings is 2. The van der Waals surface area contributed by atoms with E-state index in [-0.39, 0.29) is 18.0 Å². The maximum atomic E-state index is 13.3. The van der Waals surface area contributed by atoms with Gasteiger partial charge < -0.3 is 9.84 Å². The maximum absolute atomic E-state index is 13.3. The zero-order valence-corrected chi connectivity index (χ0v) is 18.4. The minimum absolute atomic E-state index is 0.0845. The highest BCUT2D eigenvalue weighted by Gasteiger charge is 2.47. The van der Waals surface area contributed by atoms with E-state index in [4.69, 9.17) is 4.74 Å². The number of hydrogen-bond donors (Lipinski definition) is 1. The van der Waals surface area contributed by atoms with Crippen LogP contribution >= 0.6 is 0 Å².